The van der Waals surface area contributed by atoms with Gasteiger partial charge >= 0.3 is 0 Å². The van der Waals surface area contributed by atoms with Crippen LogP contribution in [0.1, 0.15) is 30.1 Å². The van der Waals surface area contributed by atoms with Crippen molar-refractivity contribution in [3.63, 3.8) is 0 Å². The van der Waals surface area contributed by atoms with Gasteiger partial charge in [-0.2, -0.15) is 0 Å². The number of aromatic nitrogens is 1. The minimum Gasteiger partial charge on any atom is -0.493 e. The van der Waals surface area contributed by atoms with Crippen LogP contribution in [0.5, 0.6) is 11.5 Å². The molecule has 0 atom stereocenters. The standard InChI is InChI=1S/C22H25N3O3/c1-4-5-12-23-22(26)17-14-21(25-18-9-7-6-8-16(17)18)24-15-10-11-19(27-2)20(13-15)28-3/h6-11,13-14H,4-5,12H2,1-3H3,(H,23,26)(H,24,25). The second-order valence-corrected chi connectivity index (χ2v) is 6.38. The van der Waals surface area contributed by atoms with E-state index in [0.29, 0.717) is 29.4 Å². The van der Waals surface area contributed by atoms with E-state index in [4.69, 9.17) is 9.47 Å². The van der Waals surface area contributed by atoms with Crippen molar-refractivity contribution in [1.29, 1.82) is 0 Å². The Labute approximate surface area is 164 Å². The van der Waals surface area contributed by atoms with Crippen molar-refractivity contribution in [2.24, 2.45) is 0 Å². The molecule has 1 amide bonds. The van der Waals surface area contributed by atoms with Gasteiger partial charge in [-0.3, -0.25) is 4.79 Å². The van der Waals surface area contributed by atoms with Gasteiger partial charge in [0.05, 0.1) is 25.3 Å². The van der Waals surface area contributed by atoms with Gasteiger partial charge in [0.15, 0.2) is 11.5 Å². The number of benzene rings is 2. The van der Waals surface area contributed by atoms with Crippen LogP contribution >= 0.6 is 0 Å². The lowest BCUT2D eigenvalue weighted by Crippen LogP contribution is -2.24. The lowest BCUT2D eigenvalue weighted by atomic mass is 10.1. The van der Waals surface area contributed by atoms with Crippen LogP contribution in [-0.4, -0.2) is 31.7 Å². The van der Waals surface area contributed by atoms with Crippen molar-refractivity contribution >= 4 is 28.3 Å². The maximum Gasteiger partial charge on any atom is 0.252 e. The summed E-state index contributed by atoms with van der Waals surface area (Å²) in [6, 6.07) is 14.9. The number of unbranched alkanes of at least 4 members (excludes halogenated alkanes) is 1. The molecular weight excluding hydrogens is 354 g/mol. The van der Waals surface area contributed by atoms with Crippen molar-refractivity contribution in [2.45, 2.75) is 19.8 Å². The molecule has 0 unspecified atom stereocenters. The third-order valence-electron chi connectivity index (χ3n) is 4.43. The summed E-state index contributed by atoms with van der Waals surface area (Å²) in [5.74, 6) is 1.76. The van der Waals surface area contributed by atoms with E-state index in [9.17, 15) is 4.79 Å². The first-order valence-electron chi connectivity index (χ1n) is 9.33. The number of methoxy groups -OCH3 is 2. The van der Waals surface area contributed by atoms with Crippen LogP contribution in [0.3, 0.4) is 0 Å². The molecule has 3 aromatic rings. The number of hydrogen-bond donors (Lipinski definition) is 2. The zero-order valence-electron chi connectivity index (χ0n) is 16.4. The van der Waals surface area contributed by atoms with E-state index in [1.54, 1.807) is 20.3 Å². The summed E-state index contributed by atoms with van der Waals surface area (Å²) in [6.45, 7) is 2.75. The average Bonchev–Trinajstić information content (AvgIpc) is 2.73. The van der Waals surface area contributed by atoms with E-state index in [2.05, 4.69) is 22.5 Å². The molecule has 1 aromatic heterocycles. The van der Waals surface area contributed by atoms with Crippen LogP contribution < -0.4 is 20.1 Å². The Hall–Kier alpha value is -3.28. The summed E-state index contributed by atoms with van der Waals surface area (Å²) in [5, 5.41) is 7.07. The zero-order valence-corrected chi connectivity index (χ0v) is 16.4. The molecule has 1 heterocycles. The highest BCUT2D eigenvalue weighted by atomic mass is 16.5. The fraction of sp³-hybridized carbons (Fsp3) is 0.273. The molecular formula is C22H25N3O3. The molecule has 2 N–H and O–H groups in total. The van der Waals surface area contributed by atoms with Gasteiger partial charge in [-0.05, 0) is 30.7 Å². The predicted octanol–water partition coefficient (Wildman–Crippen LogP) is 4.53. The van der Waals surface area contributed by atoms with Crippen LogP contribution in [0.2, 0.25) is 0 Å². The molecule has 3 rings (SSSR count). The van der Waals surface area contributed by atoms with Crippen LogP contribution in [0, 0.1) is 0 Å². The largest absolute Gasteiger partial charge is 0.493 e. The summed E-state index contributed by atoms with van der Waals surface area (Å²) >= 11 is 0. The van der Waals surface area contributed by atoms with Crippen molar-refractivity contribution in [3.05, 3.63) is 54.1 Å². The van der Waals surface area contributed by atoms with E-state index < -0.39 is 0 Å². The maximum atomic E-state index is 12.7. The number of pyridine rings is 1. The first-order valence-corrected chi connectivity index (χ1v) is 9.33. The predicted molar refractivity (Wildman–Crippen MR) is 112 cm³/mol. The quantitative estimate of drug-likeness (QED) is 0.563. The highest BCUT2D eigenvalue weighted by Crippen LogP contribution is 2.31. The molecule has 0 saturated heterocycles. The summed E-state index contributed by atoms with van der Waals surface area (Å²) in [7, 11) is 3.19. The number of anilines is 2. The number of rotatable bonds is 8. The zero-order chi connectivity index (χ0) is 19.9. The van der Waals surface area contributed by atoms with E-state index in [1.165, 1.54) is 0 Å². The summed E-state index contributed by atoms with van der Waals surface area (Å²) in [6.07, 6.45) is 1.98. The number of hydrogen-bond acceptors (Lipinski definition) is 5. The van der Waals surface area contributed by atoms with E-state index in [-0.39, 0.29) is 5.91 Å². The number of carbonyl (C=O) groups is 1. The molecule has 6 nitrogen and oxygen atoms in total. The SMILES string of the molecule is CCCCNC(=O)c1cc(Nc2ccc(OC)c(OC)c2)nc2ccccc12. The van der Waals surface area contributed by atoms with Crippen LogP contribution in [-0.2, 0) is 0 Å². The molecule has 0 bridgehead atoms. The molecule has 0 saturated carbocycles. The highest BCUT2D eigenvalue weighted by Gasteiger charge is 2.13. The molecule has 146 valence electrons. The van der Waals surface area contributed by atoms with Crippen molar-refractivity contribution in [1.82, 2.24) is 10.3 Å². The number of ether oxygens (including phenoxy) is 2. The van der Waals surface area contributed by atoms with Gasteiger partial charge in [-0.25, -0.2) is 4.98 Å². The van der Waals surface area contributed by atoms with Crippen molar-refractivity contribution < 1.29 is 14.3 Å². The van der Waals surface area contributed by atoms with Gasteiger partial charge < -0.3 is 20.1 Å². The molecule has 28 heavy (non-hydrogen) atoms. The summed E-state index contributed by atoms with van der Waals surface area (Å²) in [4.78, 5) is 17.4. The Morgan fingerprint density at radius 2 is 1.82 bits per heavy atom. The Morgan fingerprint density at radius 1 is 1.04 bits per heavy atom. The van der Waals surface area contributed by atoms with Gasteiger partial charge in [0.25, 0.3) is 5.91 Å². The van der Waals surface area contributed by atoms with E-state index in [1.807, 2.05) is 42.5 Å². The van der Waals surface area contributed by atoms with E-state index >= 15 is 0 Å². The summed E-state index contributed by atoms with van der Waals surface area (Å²) in [5.41, 5.74) is 2.15. The lowest BCUT2D eigenvalue weighted by molar-refractivity contribution is 0.0955. The first-order chi connectivity index (χ1) is 13.7. The normalized spacial score (nSPS) is 10.5. The average molecular weight is 379 g/mol. The number of carbonyl (C=O) groups excluding carboxylic acids is 1. The summed E-state index contributed by atoms with van der Waals surface area (Å²) < 4.78 is 10.6. The lowest BCUT2D eigenvalue weighted by Gasteiger charge is -2.13. The fourth-order valence-electron chi connectivity index (χ4n) is 2.96. The number of para-hydroxylation sites is 1. The van der Waals surface area contributed by atoms with Gasteiger partial charge in [0, 0.05) is 23.7 Å². The molecule has 6 heteroatoms. The van der Waals surface area contributed by atoms with Crippen LogP contribution in [0.25, 0.3) is 10.9 Å². The topological polar surface area (TPSA) is 72.5 Å². The van der Waals surface area contributed by atoms with Crippen molar-refractivity contribution in [3.8, 4) is 11.5 Å². The van der Waals surface area contributed by atoms with Gasteiger partial charge in [0.2, 0.25) is 0 Å². The number of nitrogens with zero attached hydrogens (tertiary/aromatic N) is 1. The minimum absolute atomic E-state index is 0.0950. The molecule has 0 aliphatic heterocycles. The van der Waals surface area contributed by atoms with Crippen molar-refractivity contribution in [2.75, 3.05) is 26.1 Å². The van der Waals surface area contributed by atoms with Gasteiger partial charge in [0.1, 0.15) is 5.82 Å². The van der Waals surface area contributed by atoms with Crippen LogP contribution in [0.15, 0.2) is 48.5 Å². The first kappa shape index (κ1) is 19.5. The molecule has 0 fully saturated rings. The Balaban J connectivity index is 1.94. The second kappa shape index (κ2) is 9.08. The Bertz CT molecular complexity index is 972. The third-order valence-corrected chi connectivity index (χ3v) is 4.43. The molecule has 0 spiro atoms. The highest BCUT2D eigenvalue weighted by molar-refractivity contribution is 6.07. The fourth-order valence-corrected chi connectivity index (χ4v) is 2.96. The number of nitrogens with one attached hydrogen (secondary N) is 2. The van der Waals surface area contributed by atoms with E-state index in [0.717, 1.165) is 29.4 Å². The Morgan fingerprint density at radius 3 is 2.57 bits per heavy atom. The molecule has 2 aromatic carbocycles. The third kappa shape index (κ3) is 4.34. The molecule has 0 aliphatic rings. The second-order valence-electron chi connectivity index (χ2n) is 6.38. The monoisotopic (exact) mass is 379 g/mol. The number of amides is 1. The van der Waals surface area contributed by atoms with Gasteiger partial charge in [-0.15, -0.1) is 0 Å². The maximum absolute atomic E-state index is 12.7. The number of fused-ring (bicyclic) bond motifs is 1. The van der Waals surface area contributed by atoms with Gasteiger partial charge in [-0.1, -0.05) is 31.5 Å². The van der Waals surface area contributed by atoms with Crippen LogP contribution in [0.4, 0.5) is 11.5 Å². The Kier molecular flexibility index (Phi) is 6.32. The smallest absolute Gasteiger partial charge is 0.252 e. The minimum atomic E-state index is -0.0950. The molecule has 0 radical (unpaired) electrons. The molecule has 0 aliphatic carbocycles.